The summed E-state index contributed by atoms with van der Waals surface area (Å²) in [6, 6.07) is 11.4. The minimum atomic E-state index is -0.408. The Labute approximate surface area is 224 Å². The molecule has 0 spiro atoms. The van der Waals surface area contributed by atoms with Crippen LogP contribution in [0.4, 0.5) is 0 Å². The second kappa shape index (κ2) is 10.7. The van der Waals surface area contributed by atoms with Crippen molar-refractivity contribution in [1.29, 1.82) is 0 Å². The molecule has 0 aliphatic carbocycles. The van der Waals surface area contributed by atoms with Crippen LogP contribution in [0.3, 0.4) is 0 Å². The Kier molecular flexibility index (Phi) is 7.32. The van der Waals surface area contributed by atoms with Crippen molar-refractivity contribution in [2.45, 2.75) is 89.9 Å². The van der Waals surface area contributed by atoms with Crippen molar-refractivity contribution < 1.29 is 19.1 Å². The molecule has 3 N–H and O–H groups in total. The lowest BCUT2D eigenvalue weighted by Gasteiger charge is -2.38. The first kappa shape index (κ1) is 26.1. The van der Waals surface area contributed by atoms with E-state index in [4.69, 9.17) is 15.2 Å². The van der Waals surface area contributed by atoms with Gasteiger partial charge < -0.3 is 20.5 Å². The first-order valence-corrected chi connectivity index (χ1v) is 13.7. The number of aliphatic imine (C=N–C) groups is 1. The van der Waals surface area contributed by atoms with Crippen LogP contribution >= 0.6 is 0 Å². The summed E-state index contributed by atoms with van der Waals surface area (Å²) in [6.45, 7) is 6.69. The fourth-order valence-corrected chi connectivity index (χ4v) is 5.70. The number of ether oxygens (including phenoxy) is 2. The summed E-state index contributed by atoms with van der Waals surface area (Å²) in [4.78, 5) is 32.7. The molecule has 2 aromatic carbocycles. The summed E-state index contributed by atoms with van der Waals surface area (Å²) >= 11 is 0. The molecule has 2 atom stereocenters. The van der Waals surface area contributed by atoms with Crippen molar-refractivity contribution in [1.82, 2.24) is 10.2 Å². The highest BCUT2D eigenvalue weighted by Gasteiger charge is 2.35. The number of nitrogens with one attached hydrogen (secondary N) is 1. The van der Waals surface area contributed by atoms with Crippen molar-refractivity contribution in [2.75, 3.05) is 6.61 Å². The largest absolute Gasteiger partial charge is 0.494 e. The van der Waals surface area contributed by atoms with Gasteiger partial charge in [-0.25, -0.2) is 4.99 Å². The van der Waals surface area contributed by atoms with E-state index < -0.39 is 5.60 Å². The molecular weight excluding hydrogens is 480 g/mol. The third-order valence-corrected chi connectivity index (χ3v) is 7.60. The van der Waals surface area contributed by atoms with Gasteiger partial charge in [0.05, 0.1) is 25.2 Å². The molecular formula is C30H38N4O4. The molecule has 6 heterocycles. The van der Waals surface area contributed by atoms with Gasteiger partial charge in [0.25, 0.3) is 5.91 Å². The summed E-state index contributed by atoms with van der Waals surface area (Å²) in [6.07, 6.45) is 5.87. The van der Waals surface area contributed by atoms with Gasteiger partial charge in [-0.3, -0.25) is 14.5 Å². The minimum absolute atomic E-state index is 0.0503. The van der Waals surface area contributed by atoms with Crippen LogP contribution < -0.4 is 20.5 Å². The van der Waals surface area contributed by atoms with E-state index in [1.54, 1.807) is 18.2 Å². The Bertz CT molecular complexity index is 1250. The van der Waals surface area contributed by atoms with Gasteiger partial charge >= 0.3 is 0 Å². The first-order chi connectivity index (χ1) is 18.2. The topological polar surface area (TPSA) is 106 Å². The van der Waals surface area contributed by atoms with Gasteiger partial charge in [0.15, 0.2) is 5.96 Å². The van der Waals surface area contributed by atoms with Crippen molar-refractivity contribution in [3.63, 3.8) is 0 Å². The van der Waals surface area contributed by atoms with Crippen LogP contribution in [-0.2, 0) is 17.8 Å². The number of rotatable bonds is 2. The fraction of sp³-hybridized carbons (Fsp3) is 0.500. The molecule has 2 aromatic rings. The molecule has 38 heavy (non-hydrogen) atoms. The molecule has 6 aliphatic rings. The minimum Gasteiger partial charge on any atom is -0.494 e. The van der Waals surface area contributed by atoms with Gasteiger partial charge in [0.2, 0.25) is 5.91 Å². The van der Waals surface area contributed by atoms with Crippen LogP contribution in [0.5, 0.6) is 11.5 Å². The zero-order chi connectivity index (χ0) is 26.9. The molecule has 0 saturated heterocycles. The molecule has 0 fully saturated rings. The summed E-state index contributed by atoms with van der Waals surface area (Å²) < 4.78 is 12.2. The molecule has 0 aromatic heterocycles. The van der Waals surface area contributed by atoms with Gasteiger partial charge in [-0.1, -0.05) is 25.0 Å². The van der Waals surface area contributed by atoms with E-state index in [9.17, 15) is 9.59 Å². The van der Waals surface area contributed by atoms with Crippen LogP contribution in [0, 0.1) is 0 Å². The number of guanidine groups is 1. The first-order valence-electron chi connectivity index (χ1n) is 13.7. The highest BCUT2D eigenvalue weighted by Crippen LogP contribution is 2.40. The Morgan fingerprint density at radius 3 is 2.79 bits per heavy atom. The Morgan fingerprint density at radius 1 is 1.16 bits per heavy atom. The maximum atomic E-state index is 13.5. The molecule has 202 valence electrons. The van der Waals surface area contributed by atoms with Crippen LogP contribution in [0.15, 0.2) is 41.4 Å². The molecule has 8 bridgehead atoms. The molecule has 8 heteroatoms. The smallest absolute Gasteiger partial charge is 0.251 e. The molecule has 8 nitrogen and oxygen atoms in total. The van der Waals surface area contributed by atoms with E-state index >= 15 is 0 Å². The number of nitrogens with zero attached hydrogens (tertiary/aromatic N) is 2. The SMILES string of the molecule is CCOc1ccc2cc1CN1C(=O)CC(CCCCCc3ccc4c(c3)OC(C)(C)CC4NC2=O)N=C1N. The number of carbonyl (C=O) groups excluding carboxylic acids is 2. The lowest BCUT2D eigenvalue weighted by atomic mass is 9.88. The van der Waals surface area contributed by atoms with E-state index in [0.717, 1.165) is 49.0 Å². The lowest BCUT2D eigenvalue weighted by Crippen LogP contribution is -2.46. The third kappa shape index (κ3) is 5.64. The van der Waals surface area contributed by atoms with Gasteiger partial charge in [0, 0.05) is 29.5 Å². The molecule has 2 unspecified atom stereocenters. The predicted octanol–water partition coefficient (Wildman–Crippen LogP) is 4.65. The van der Waals surface area contributed by atoms with E-state index in [0.29, 0.717) is 30.8 Å². The van der Waals surface area contributed by atoms with Crippen LogP contribution in [-0.4, -0.2) is 40.9 Å². The van der Waals surface area contributed by atoms with E-state index in [2.05, 4.69) is 42.4 Å². The Hall–Kier alpha value is -3.55. The van der Waals surface area contributed by atoms with E-state index in [1.165, 1.54) is 10.5 Å². The van der Waals surface area contributed by atoms with Crippen LogP contribution in [0.25, 0.3) is 0 Å². The second-order valence-electron chi connectivity index (χ2n) is 11.1. The van der Waals surface area contributed by atoms with Crippen molar-refractivity contribution in [3.05, 3.63) is 58.7 Å². The highest BCUT2D eigenvalue weighted by atomic mass is 16.5. The molecule has 0 radical (unpaired) electrons. The summed E-state index contributed by atoms with van der Waals surface area (Å²) in [5.74, 6) is 1.46. The molecule has 8 rings (SSSR count). The molecule has 0 saturated carbocycles. The zero-order valence-corrected chi connectivity index (χ0v) is 22.6. The number of nitrogens with two attached hydrogens (primary N) is 1. The number of amides is 2. The lowest BCUT2D eigenvalue weighted by molar-refractivity contribution is -0.128. The van der Waals surface area contributed by atoms with Gasteiger partial charge in [-0.05, 0) is 69.9 Å². The van der Waals surface area contributed by atoms with Crippen LogP contribution in [0.1, 0.15) is 92.4 Å². The molecule has 6 aliphatic heterocycles. The maximum Gasteiger partial charge on any atom is 0.251 e. The maximum absolute atomic E-state index is 13.5. The van der Waals surface area contributed by atoms with Gasteiger partial charge in [-0.2, -0.15) is 0 Å². The normalized spacial score (nSPS) is 23.3. The van der Waals surface area contributed by atoms with Crippen molar-refractivity contribution in [2.24, 2.45) is 10.7 Å². The number of hydrogen-bond donors (Lipinski definition) is 2. The second-order valence-corrected chi connectivity index (χ2v) is 11.1. The summed E-state index contributed by atoms with van der Waals surface area (Å²) in [7, 11) is 0. The van der Waals surface area contributed by atoms with Gasteiger partial charge in [-0.15, -0.1) is 0 Å². The highest BCUT2D eigenvalue weighted by molar-refractivity contribution is 5.99. The van der Waals surface area contributed by atoms with E-state index in [1.807, 2.05) is 6.92 Å². The summed E-state index contributed by atoms with van der Waals surface area (Å²) in [5.41, 5.74) is 9.31. The Balaban J connectivity index is 1.52. The fourth-order valence-electron chi connectivity index (χ4n) is 5.70. The number of aryl methyl sites for hydroxylation is 1. The Morgan fingerprint density at radius 2 is 2.00 bits per heavy atom. The molecule has 2 amide bonds. The number of hydrogen-bond acceptors (Lipinski definition) is 6. The van der Waals surface area contributed by atoms with Gasteiger partial charge in [0.1, 0.15) is 17.1 Å². The zero-order valence-electron chi connectivity index (χ0n) is 22.6. The predicted molar refractivity (Wildman–Crippen MR) is 146 cm³/mol. The van der Waals surface area contributed by atoms with Crippen molar-refractivity contribution in [3.8, 4) is 11.5 Å². The summed E-state index contributed by atoms with van der Waals surface area (Å²) in [5, 5.41) is 3.24. The standard InChI is InChI=1S/C30H38N4O4/c1-4-37-25-13-11-20-15-21(25)18-34-27(35)16-22(32-29(34)31)9-7-5-6-8-19-10-12-23-24(33-28(20)36)17-30(2,3)38-26(23)14-19/h10-15,22,24H,4-9,16-18H2,1-3H3,(H2,31,32)(H,33,36). The average molecular weight is 519 g/mol. The van der Waals surface area contributed by atoms with Crippen molar-refractivity contribution >= 4 is 17.8 Å². The number of benzene rings is 2. The monoisotopic (exact) mass is 518 g/mol. The van der Waals surface area contributed by atoms with E-state index in [-0.39, 0.29) is 36.4 Å². The van der Waals surface area contributed by atoms with Crippen LogP contribution in [0.2, 0.25) is 0 Å². The number of carbonyl (C=O) groups is 2. The average Bonchev–Trinajstić information content (AvgIpc) is 2.85. The third-order valence-electron chi connectivity index (χ3n) is 7.60. The quantitative estimate of drug-likeness (QED) is 0.602.